The van der Waals surface area contributed by atoms with E-state index in [0.29, 0.717) is 12.2 Å². The molecule has 0 fully saturated rings. The van der Waals surface area contributed by atoms with Gasteiger partial charge in [0.25, 0.3) is 0 Å². The summed E-state index contributed by atoms with van der Waals surface area (Å²) in [5.41, 5.74) is 1.04. The number of halogens is 1. The van der Waals surface area contributed by atoms with Crippen molar-refractivity contribution in [1.82, 2.24) is 5.32 Å². The molecule has 1 rings (SSSR count). The Morgan fingerprint density at radius 1 is 1.48 bits per heavy atom. The van der Waals surface area contributed by atoms with Crippen LogP contribution in [0.15, 0.2) is 22.7 Å². The predicted octanol–water partition coefficient (Wildman–Crippen LogP) is 2.67. The molecule has 0 aromatic heterocycles. The molecular formula is C14H18BrNO4S. The van der Waals surface area contributed by atoms with E-state index in [4.69, 9.17) is 9.84 Å². The van der Waals surface area contributed by atoms with E-state index in [9.17, 15) is 9.59 Å². The number of carbonyl (C=O) groups excluding carboxylic acids is 1. The summed E-state index contributed by atoms with van der Waals surface area (Å²) in [6.45, 7) is 1.31. The Balaban J connectivity index is 2.48. The van der Waals surface area contributed by atoms with Gasteiger partial charge in [-0.2, -0.15) is 11.8 Å². The van der Waals surface area contributed by atoms with Gasteiger partial charge in [-0.05, 0) is 30.4 Å². The highest BCUT2D eigenvalue weighted by Crippen LogP contribution is 2.27. The zero-order valence-electron chi connectivity index (χ0n) is 11.9. The van der Waals surface area contributed by atoms with Crippen molar-refractivity contribution in [2.24, 2.45) is 0 Å². The summed E-state index contributed by atoms with van der Waals surface area (Å²) in [5.74, 6) is 0.816. The summed E-state index contributed by atoms with van der Waals surface area (Å²) in [6.07, 6.45) is 0.385. The highest BCUT2D eigenvalue weighted by Gasteiger charge is 2.17. The highest BCUT2D eigenvalue weighted by atomic mass is 79.9. The molecule has 0 aliphatic heterocycles. The molecule has 0 aliphatic carbocycles. The van der Waals surface area contributed by atoms with Gasteiger partial charge in [0.1, 0.15) is 11.8 Å². The van der Waals surface area contributed by atoms with Crippen molar-refractivity contribution in [2.45, 2.75) is 25.1 Å². The molecule has 1 unspecified atom stereocenters. The third kappa shape index (κ3) is 6.39. The van der Waals surface area contributed by atoms with Crippen LogP contribution in [0.25, 0.3) is 0 Å². The minimum absolute atomic E-state index is 0.332. The van der Waals surface area contributed by atoms with E-state index in [1.165, 1.54) is 6.92 Å². The van der Waals surface area contributed by atoms with Crippen LogP contribution in [-0.2, 0) is 15.3 Å². The van der Waals surface area contributed by atoms with Gasteiger partial charge >= 0.3 is 5.97 Å². The predicted molar refractivity (Wildman–Crippen MR) is 86.7 cm³/mol. The van der Waals surface area contributed by atoms with Crippen LogP contribution in [0.2, 0.25) is 0 Å². The average Bonchev–Trinajstić information content (AvgIpc) is 2.41. The number of benzene rings is 1. The van der Waals surface area contributed by atoms with Gasteiger partial charge in [-0.3, -0.25) is 4.79 Å². The molecule has 1 atom stereocenters. The molecule has 7 heteroatoms. The van der Waals surface area contributed by atoms with Crippen LogP contribution < -0.4 is 10.1 Å². The van der Waals surface area contributed by atoms with Crippen molar-refractivity contribution < 1.29 is 19.4 Å². The molecular weight excluding hydrogens is 358 g/mol. The number of methoxy groups -OCH3 is 1. The second kappa shape index (κ2) is 8.94. The van der Waals surface area contributed by atoms with Gasteiger partial charge in [-0.15, -0.1) is 0 Å². The Morgan fingerprint density at radius 2 is 2.19 bits per heavy atom. The normalized spacial score (nSPS) is 11.8. The van der Waals surface area contributed by atoms with Crippen LogP contribution in [0.3, 0.4) is 0 Å². The number of hydrogen-bond acceptors (Lipinski definition) is 4. The number of carboxylic acid groups (broad SMARTS) is 1. The monoisotopic (exact) mass is 375 g/mol. The van der Waals surface area contributed by atoms with E-state index in [1.807, 2.05) is 18.2 Å². The van der Waals surface area contributed by atoms with Crippen LogP contribution in [0.1, 0.15) is 18.9 Å². The summed E-state index contributed by atoms with van der Waals surface area (Å²) in [5, 5.41) is 11.4. The Morgan fingerprint density at radius 3 is 2.76 bits per heavy atom. The largest absolute Gasteiger partial charge is 0.496 e. The second-order valence-electron chi connectivity index (χ2n) is 4.39. The smallest absolute Gasteiger partial charge is 0.326 e. The molecule has 2 N–H and O–H groups in total. The standard InChI is InChI=1S/C14H18BrNO4S/c1-9(17)16-12(14(18)19)5-6-21-8-10-7-11(15)3-4-13(10)20-2/h3-4,7,12H,5-6,8H2,1-2H3,(H,16,17)(H,18,19). The SMILES string of the molecule is COc1ccc(Br)cc1CSCCC(NC(C)=O)C(=O)O. The number of rotatable bonds is 8. The van der Waals surface area contributed by atoms with Crippen molar-refractivity contribution >= 4 is 39.6 Å². The van der Waals surface area contributed by atoms with Gasteiger partial charge < -0.3 is 15.2 Å². The maximum absolute atomic E-state index is 11.0. The number of nitrogens with one attached hydrogen (secondary N) is 1. The van der Waals surface area contributed by atoms with E-state index in [-0.39, 0.29) is 5.91 Å². The summed E-state index contributed by atoms with van der Waals surface area (Å²) < 4.78 is 6.26. The number of aliphatic carboxylic acids is 1. The van der Waals surface area contributed by atoms with Gasteiger partial charge in [0.05, 0.1) is 7.11 Å². The fraction of sp³-hybridized carbons (Fsp3) is 0.429. The maximum atomic E-state index is 11.0. The Labute approximate surface area is 136 Å². The second-order valence-corrected chi connectivity index (χ2v) is 6.41. The number of carbonyl (C=O) groups is 2. The lowest BCUT2D eigenvalue weighted by Gasteiger charge is -2.13. The zero-order valence-corrected chi connectivity index (χ0v) is 14.3. The van der Waals surface area contributed by atoms with Gasteiger partial charge in [-0.25, -0.2) is 4.79 Å². The van der Waals surface area contributed by atoms with Gasteiger partial charge in [0, 0.05) is 22.7 Å². The Hall–Kier alpha value is -1.21. The molecule has 0 aliphatic rings. The highest BCUT2D eigenvalue weighted by molar-refractivity contribution is 9.10. The molecule has 0 bridgehead atoms. The molecule has 0 saturated carbocycles. The third-order valence-corrected chi connectivity index (χ3v) is 4.26. The summed E-state index contributed by atoms with van der Waals surface area (Å²) in [6, 6.07) is 4.94. The van der Waals surface area contributed by atoms with Crippen molar-refractivity contribution in [3.8, 4) is 5.75 Å². The molecule has 1 aromatic carbocycles. The van der Waals surface area contributed by atoms with E-state index < -0.39 is 12.0 Å². The molecule has 0 heterocycles. The summed E-state index contributed by atoms with van der Waals surface area (Å²) in [4.78, 5) is 21.9. The van der Waals surface area contributed by atoms with E-state index in [2.05, 4.69) is 21.2 Å². The molecule has 1 amide bonds. The molecule has 0 spiro atoms. The van der Waals surface area contributed by atoms with Crippen LogP contribution in [0.4, 0.5) is 0 Å². The van der Waals surface area contributed by atoms with Crippen molar-refractivity contribution in [2.75, 3.05) is 12.9 Å². The van der Waals surface area contributed by atoms with E-state index in [1.54, 1.807) is 18.9 Å². The number of carboxylic acids is 1. The fourth-order valence-corrected chi connectivity index (χ4v) is 3.15. The first-order valence-corrected chi connectivity index (χ1v) is 8.29. The summed E-state index contributed by atoms with van der Waals surface area (Å²) in [7, 11) is 1.62. The number of hydrogen-bond donors (Lipinski definition) is 2. The van der Waals surface area contributed by atoms with Crippen LogP contribution in [0.5, 0.6) is 5.75 Å². The fourth-order valence-electron chi connectivity index (χ4n) is 1.75. The van der Waals surface area contributed by atoms with Gasteiger partial charge in [0.2, 0.25) is 5.91 Å². The first-order valence-electron chi connectivity index (χ1n) is 6.34. The minimum Gasteiger partial charge on any atom is -0.496 e. The molecule has 0 saturated heterocycles. The average molecular weight is 376 g/mol. The van der Waals surface area contributed by atoms with Gasteiger partial charge in [0.15, 0.2) is 0 Å². The van der Waals surface area contributed by atoms with E-state index >= 15 is 0 Å². The lowest BCUT2D eigenvalue weighted by atomic mass is 10.2. The molecule has 21 heavy (non-hydrogen) atoms. The lowest BCUT2D eigenvalue weighted by molar-refractivity contribution is -0.141. The molecule has 1 aromatic rings. The molecule has 0 radical (unpaired) electrons. The van der Waals surface area contributed by atoms with Crippen molar-refractivity contribution in [1.29, 1.82) is 0 Å². The van der Waals surface area contributed by atoms with E-state index in [0.717, 1.165) is 21.5 Å². The Bertz CT molecular complexity index is 510. The van der Waals surface area contributed by atoms with Crippen molar-refractivity contribution in [3.05, 3.63) is 28.2 Å². The first kappa shape index (κ1) is 17.8. The van der Waals surface area contributed by atoms with Crippen LogP contribution in [0, 0.1) is 0 Å². The quantitative estimate of drug-likeness (QED) is 0.683. The van der Waals surface area contributed by atoms with Gasteiger partial charge in [-0.1, -0.05) is 15.9 Å². The molecule has 116 valence electrons. The van der Waals surface area contributed by atoms with Crippen LogP contribution in [-0.4, -0.2) is 35.9 Å². The van der Waals surface area contributed by atoms with Crippen LogP contribution >= 0.6 is 27.7 Å². The lowest BCUT2D eigenvalue weighted by Crippen LogP contribution is -2.39. The molecule has 5 nitrogen and oxygen atoms in total. The zero-order chi connectivity index (χ0) is 15.8. The van der Waals surface area contributed by atoms with Crippen molar-refractivity contribution in [3.63, 3.8) is 0 Å². The number of ether oxygens (including phenoxy) is 1. The number of thioether (sulfide) groups is 1. The topological polar surface area (TPSA) is 75.6 Å². The maximum Gasteiger partial charge on any atom is 0.326 e. The number of amides is 1. The first-order chi connectivity index (χ1) is 9.93. The summed E-state index contributed by atoms with van der Waals surface area (Å²) >= 11 is 5.02. The third-order valence-electron chi connectivity index (χ3n) is 2.73. The Kier molecular flexibility index (Phi) is 7.60. The minimum atomic E-state index is -1.01.